The first-order valence-electron chi connectivity index (χ1n) is 17.1. The van der Waals surface area contributed by atoms with Crippen molar-refractivity contribution in [3.8, 4) is 5.75 Å². The summed E-state index contributed by atoms with van der Waals surface area (Å²) in [5, 5.41) is 7.25. The molecule has 1 aromatic carbocycles. The molecule has 2 saturated heterocycles. The minimum absolute atomic E-state index is 0.0154. The lowest BCUT2D eigenvalue weighted by molar-refractivity contribution is -0.133. The van der Waals surface area contributed by atoms with Crippen LogP contribution in [0.15, 0.2) is 36.7 Å². The van der Waals surface area contributed by atoms with Crippen molar-refractivity contribution in [2.45, 2.75) is 121 Å². The maximum atomic E-state index is 12.3. The van der Waals surface area contributed by atoms with Crippen LogP contribution in [0.4, 0.5) is 17.3 Å². The largest absolute Gasteiger partial charge is 0.494 e. The predicted octanol–water partition coefficient (Wildman–Crippen LogP) is 8.09. The Morgan fingerprint density at radius 2 is 1.66 bits per heavy atom. The number of Topliss-reactive ketones (excluding diaryl/α,β-unsaturated/α-hetero) is 1. The van der Waals surface area contributed by atoms with E-state index >= 15 is 0 Å². The normalized spacial score (nSPS) is 21.3. The van der Waals surface area contributed by atoms with E-state index in [0.717, 1.165) is 105 Å². The highest BCUT2D eigenvalue weighted by Gasteiger charge is 2.23. The Morgan fingerprint density at radius 1 is 0.886 bits per heavy atom. The molecule has 2 N–H and O–H groups in total. The number of unbranched alkanes of at least 4 members (excludes halogenated alkanes) is 3. The smallest absolute Gasteiger partial charge is 0.161 e. The van der Waals surface area contributed by atoms with Crippen LogP contribution in [0.2, 0.25) is 0 Å². The van der Waals surface area contributed by atoms with Crippen molar-refractivity contribution in [1.82, 2.24) is 14.5 Å². The molecule has 0 bridgehead atoms. The van der Waals surface area contributed by atoms with Crippen LogP contribution >= 0.6 is 0 Å². The molecule has 3 fully saturated rings. The topological polar surface area (TPSA) is 99.5 Å². The molecule has 6 rings (SSSR count). The van der Waals surface area contributed by atoms with Gasteiger partial charge in [0.05, 0.1) is 18.5 Å². The Balaban J connectivity index is 1.02. The first kappa shape index (κ1) is 30.8. The molecule has 0 spiro atoms. The molecule has 1 saturated carbocycles. The van der Waals surface area contributed by atoms with Gasteiger partial charge in [0.2, 0.25) is 0 Å². The third kappa shape index (κ3) is 8.30. The van der Waals surface area contributed by atoms with Crippen molar-refractivity contribution in [2.75, 3.05) is 30.5 Å². The van der Waals surface area contributed by atoms with Gasteiger partial charge in [-0.25, -0.2) is 9.97 Å². The van der Waals surface area contributed by atoms with E-state index in [-0.39, 0.29) is 18.1 Å². The second kappa shape index (κ2) is 15.7. The van der Waals surface area contributed by atoms with Crippen molar-refractivity contribution >= 4 is 34.1 Å². The molecule has 3 aliphatic rings. The number of aromatic nitrogens is 3. The lowest BCUT2D eigenvalue weighted by Crippen LogP contribution is -2.27. The third-order valence-electron chi connectivity index (χ3n) is 9.23. The van der Waals surface area contributed by atoms with Gasteiger partial charge in [0.1, 0.15) is 29.4 Å². The molecule has 2 atom stereocenters. The van der Waals surface area contributed by atoms with Gasteiger partial charge < -0.3 is 29.4 Å². The van der Waals surface area contributed by atoms with E-state index in [0.29, 0.717) is 19.1 Å². The van der Waals surface area contributed by atoms with Crippen LogP contribution in [0, 0.1) is 0 Å². The van der Waals surface area contributed by atoms with E-state index in [1.165, 1.54) is 38.5 Å². The fourth-order valence-corrected chi connectivity index (χ4v) is 6.69. The van der Waals surface area contributed by atoms with Gasteiger partial charge in [-0.1, -0.05) is 32.1 Å². The van der Waals surface area contributed by atoms with Gasteiger partial charge in [-0.3, -0.25) is 4.79 Å². The van der Waals surface area contributed by atoms with Crippen molar-refractivity contribution < 1.29 is 19.0 Å². The Morgan fingerprint density at radius 3 is 2.43 bits per heavy atom. The summed E-state index contributed by atoms with van der Waals surface area (Å²) >= 11 is 0. The number of pyridine rings is 1. The molecule has 2 unspecified atom stereocenters. The molecule has 44 heavy (non-hydrogen) atoms. The molecule has 2 aromatic heterocycles. The van der Waals surface area contributed by atoms with Gasteiger partial charge in [0, 0.05) is 37.4 Å². The van der Waals surface area contributed by atoms with Crippen LogP contribution in [0.1, 0.15) is 109 Å². The molecular formula is C35H49N5O4. The van der Waals surface area contributed by atoms with E-state index in [2.05, 4.69) is 21.3 Å². The summed E-state index contributed by atoms with van der Waals surface area (Å²) in [7, 11) is 0. The SMILES string of the molecule is O=C(CCCCCCOc1ccc(Nc2cc3c(ncn3C3CCCCO3)c(NC3CCCCC3)n2)cc1)C1CCCCO1. The molecule has 238 valence electrons. The summed E-state index contributed by atoms with van der Waals surface area (Å²) in [5.41, 5.74) is 2.91. The van der Waals surface area contributed by atoms with Gasteiger partial charge in [0.25, 0.3) is 0 Å². The van der Waals surface area contributed by atoms with E-state index in [1.54, 1.807) is 0 Å². The summed E-state index contributed by atoms with van der Waals surface area (Å²) in [4.78, 5) is 22.1. The Hall–Kier alpha value is -3.17. The summed E-state index contributed by atoms with van der Waals surface area (Å²) in [6.45, 7) is 2.20. The minimum Gasteiger partial charge on any atom is -0.494 e. The van der Waals surface area contributed by atoms with Crippen LogP contribution < -0.4 is 15.4 Å². The lowest BCUT2D eigenvalue weighted by Gasteiger charge is -2.25. The highest BCUT2D eigenvalue weighted by atomic mass is 16.5. The van der Waals surface area contributed by atoms with Crippen LogP contribution in [0.3, 0.4) is 0 Å². The maximum Gasteiger partial charge on any atom is 0.161 e. The van der Waals surface area contributed by atoms with Gasteiger partial charge in [-0.2, -0.15) is 0 Å². The van der Waals surface area contributed by atoms with E-state index in [1.807, 2.05) is 30.6 Å². The predicted molar refractivity (Wildman–Crippen MR) is 174 cm³/mol. The fraction of sp³-hybridized carbons (Fsp3) is 0.629. The van der Waals surface area contributed by atoms with Crippen LogP contribution in [-0.2, 0) is 14.3 Å². The molecule has 0 amide bonds. The van der Waals surface area contributed by atoms with Crippen LogP contribution in [0.5, 0.6) is 5.75 Å². The first-order valence-corrected chi connectivity index (χ1v) is 17.1. The fourth-order valence-electron chi connectivity index (χ4n) is 6.69. The van der Waals surface area contributed by atoms with Crippen LogP contribution in [-0.4, -0.2) is 52.3 Å². The monoisotopic (exact) mass is 603 g/mol. The number of benzene rings is 1. The van der Waals surface area contributed by atoms with Crippen molar-refractivity contribution in [3.63, 3.8) is 0 Å². The number of nitrogens with zero attached hydrogens (tertiary/aromatic N) is 3. The number of nitrogens with one attached hydrogen (secondary N) is 2. The third-order valence-corrected chi connectivity index (χ3v) is 9.23. The molecule has 1 aliphatic carbocycles. The molecule has 9 heteroatoms. The number of ketones is 1. The van der Waals surface area contributed by atoms with E-state index < -0.39 is 0 Å². The lowest BCUT2D eigenvalue weighted by atomic mass is 9.95. The second-order valence-electron chi connectivity index (χ2n) is 12.7. The number of rotatable bonds is 14. The zero-order valence-corrected chi connectivity index (χ0v) is 26.1. The van der Waals surface area contributed by atoms with Gasteiger partial charge in [-0.05, 0) is 88.5 Å². The molecule has 9 nitrogen and oxygen atoms in total. The Labute approximate surface area is 261 Å². The minimum atomic E-state index is -0.150. The summed E-state index contributed by atoms with van der Waals surface area (Å²) in [5.74, 6) is 2.77. The Bertz CT molecular complexity index is 1320. The number of carbonyl (C=O) groups excluding carboxylic acids is 1. The summed E-state index contributed by atoms with van der Waals surface area (Å²) in [6.07, 6.45) is 19.0. The highest BCUT2D eigenvalue weighted by Crippen LogP contribution is 2.33. The second-order valence-corrected chi connectivity index (χ2v) is 12.7. The van der Waals surface area contributed by atoms with Gasteiger partial charge >= 0.3 is 0 Å². The van der Waals surface area contributed by atoms with E-state index in [9.17, 15) is 4.79 Å². The number of hydrogen-bond donors (Lipinski definition) is 2. The first-order chi connectivity index (χ1) is 21.7. The number of anilines is 3. The van der Waals surface area contributed by atoms with Gasteiger partial charge in [0.15, 0.2) is 11.6 Å². The molecule has 3 aromatic rings. The average molecular weight is 604 g/mol. The average Bonchev–Trinajstić information content (AvgIpc) is 3.51. The maximum absolute atomic E-state index is 12.3. The standard InChI is InChI=1S/C35H49N5O4/c41-30(31-15-7-10-22-43-31)14-6-1-2-9-21-42-28-19-17-27(18-20-28)37-32-24-29-34(35(39-32)38-26-12-4-3-5-13-26)36-25-40(29)33-16-8-11-23-44-33/h17-20,24-26,31,33H,1-16,21-23H2,(H2,37,38,39). The van der Waals surface area contributed by atoms with Gasteiger partial charge in [-0.15, -0.1) is 0 Å². The zero-order valence-electron chi connectivity index (χ0n) is 26.1. The number of imidazole rings is 1. The highest BCUT2D eigenvalue weighted by molar-refractivity contribution is 5.89. The summed E-state index contributed by atoms with van der Waals surface area (Å²) < 4.78 is 19.9. The van der Waals surface area contributed by atoms with Crippen LogP contribution in [0.25, 0.3) is 11.0 Å². The molecular weight excluding hydrogens is 554 g/mol. The zero-order chi connectivity index (χ0) is 30.0. The number of ether oxygens (including phenoxy) is 3. The Kier molecular flexibility index (Phi) is 11.0. The van der Waals surface area contributed by atoms with Crippen molar-refractivity contribution in [1.29, 1.82) is 0 Å². The number of carbonyl (C=O) groups is 1. The quantitative estimate of drug-likeness (QED) is 0.178. The van der Waals surface area contributed by atoms with E-state index in [4.69, 9.17) is 24.2 Å². The number of fused-ring (bicyclic) bond motifs is 1. The molecule has 4 heterocycles. The number of hydrogen-bond acceptors (Lipinski definition) is 8. The van der Waals surface area contributed by atoms with Crippen molar-refractivity contribution in [3.05, 3.63) is 36.7 Å². The molecule has 2 aliphatic heterocycles. The summed E-state index contributed by atoms with van der Waals surface area (Å²) in [6, 6.07) is 10.6. The van der Waals surface area contributed by atoms with Crippen molar-refractivity contribution in [2.24, 2.45) is 0 Å². The molecule has 0 radical (unpaired) electrons.